The molecule has 0 saturated carbocycles. The van der Waals surface area contributed by atoms with Gasteiger partial charge in [0.1, 0.15) is 22.3 Å². The van der Waals surface area contributed by atoms with Gasteiger partial charge in [0, 0.05) is 13.1 Å². The van der Waals surface area contributed by atoms with Crippen molar-refractivity contribution in [1.29, 1.82) is 0 Å². The van der Waals surface area contributed by atoms with Crippen LogP contribution in [0.1, 0.15) is 21.7 Å². The highest BCUT2D eigenvalue weighted by Crippen LogP contribution is 2.22. The Morgan fingerprint density at radius 3 is 2.12 bits per heavy atom. The molecule has 174 valence electrons. The number of furan rings is 1. The number of nitrogens with zero attached hydrogens (tertiary/aromatic N) is 1. The Morgan fingerprint density at radius 1 is 0.824 bits per heavy atom. The topological polar surface area (TPSA) is 76.8 Å². The molecule has 0 atom stereocenters. The minimum atomic E-state index is -4.18. The smallest absolute Gasteiger partial charge is 0.339 e. The fourth-order valence-corrected chi connectivity index (χ4v) is 4.18. The Hall–Kier alpha value is -3.98. The molecule has 0 aliphatic carbocycles. The fourth-order valence-electron chi connectivity index (χ4n) is 3.26. The van der Waals surface area contributed by atoms with Crippen LogP contribution < -0.4 is 4.18 Å². The molecule has 0 bridgehead atoms. The SMILES string of the molecule is O=C(c1ccco1)N(Cc1ccc(F)cc1)Cc1cccc(OS(=O)(=O)c2ccc(F)cc2)c1. The first-order chi connectivity index (χ1) is 16.3. The number of amides is 1. The molecular weight excluding hydrogens is 464 g/mol. The standard InChI is InChI=1S/C25H19F2NO5S/c26-20-8-6-18(7-9-20)16-28(25(29)24-5-2-14-32-24)17-19-3-1-4-22(15-19)33-34(30,31)23-12-10-21(27)11-13-23/h1-15H,16-17H2. The number of halogens is 2. The molecule has 0 unspecified atom stereocenters. The van der Waals surface area contributed by atoms with Crippen molar-refractivity contribution in [2.45, 2.75) is 18.0 Å². The molecule has 0 radical (unpaired) electrons. The van der Waals surface area contributed by atoms with Gasteiger partial charge in [-0.15, -0.1) is 0 Å². The van der Waals surface area contributed by atoms with Gasteiger partial charge in [-0.2, -0.15) is 8.42 Å². The van der Waals surface area contributed by atoms with E-state index in [2.05, 4.69) is 0 Å². The molecule has 1 heterocycles. The van der Waals surface area contributed by atoms with Crippen molar-refractivity contribution in [2.24, 2.45) is 0 Å². The van der Waals surface area contributed by atoms with Crippen LogP contribution in [0.2, 0.25) is 0 Å². The maximum atomic E-state index is 13.3. The quantitative estimate of drug-likeness (QED) is 0.323. The van der Waals surface area contributed by atoms with Crippen LogP contribution in [0.5, 0.6) is 5.75 Å². The number of carbonyl (C=O) groups excluding carboxylic acids is 1. The van der Waals surface area contributed by atoms with E-state index in [9.17, 15) is 22.0 Å². The average molecular weight is 483 g/mol. The van der Waals surface area contributed by atoms with Crippen molar-refractivity contribution in [2.75, 3.05) is 0 Å². The van der Waals surface area contributed by atoms with Crippen LogP contribution in [0, 0.1) is 11.6 Å². The van der Waals surface area contributed by atoms with E-state index in [0.717, 1.165) is 24.3 Å². The highest BCUT2D eigenvalue weighted by Gasteiger charge is 2.21. The lowest BCUT2D eigenvalue weighted by molar-refractivity contribution is 0.0697. The van der Waals surface area contributed by atoms with Crippen molar-refractivity contribution in [3.8, 4) is 5.75 Å². The summed E-state index contributed by atoms with van der Waals surface area (Å²) in [5.41, 5.74) is 1.29. The predicted molar refractivity (Wildman–Crippen MR) is 119 cm³/mol. The third kappa shape index (κ3) is 5.68. The fraction of sp³-hybridized carbons (Fsp3) is 0.0800. The van der Waals surface area contributed by atoms with Crippen molar-refractivity contribution >= 4 is 16.0 Å². The molecule has 4 rings (SSSR count). The van der Waals surface area contributed by atoms with Gasteiger partial charge in [-0.25, -0.2) is 8.78 Å². The number of hydrogen-bond donors (Lipinski definition) is 0. The van der Waals surface area contributed by atoms with E-state index in [1.807, 2.05) is 0 Å². The van der Waals surface area contributed by atoms with Gasteiger partial charge >= 0.3 is 10.1 Å². The van der Waals surface area contributed by atoms with Crippen LogP contribution in [-0.4, -0.2) is 19.2 Å². The summed E-state index contributed by atoms with van der Waals surface area (Å²) < 4.78 is 61.9. The molecule has 4 aromatic rings. The number of rotatable bonds is 8. The lowest BCUT2D eigenvalue weighted by Crippen LogP contribution is -2.29. The highest BCUT2D eigenvalue weighted by molar-refractivity contribution is 7.87. The largest absolute Gasteiger partial charge is 0.459 e. The molecule has 0 spiro atoms. The summed E-state index contributed by atoms with van der Waals surface area (Å²) in [4.78, 5) is 14.3. The minimum Gasteiger partial charge on any atom is -0.459 e. The molecule has 0 saturated heterocycles. The minimum absolute atomic E-state index is 0.0361. The van der Waals surface area contributed by atoms with Crippen LogP contribution in [0.25, 0.3) is 0 Å². The molecule has 1 amide bonds. The van der Waals surface area contributed by atoms with Gasteiger partial charge in [0.2, 0.25) is 0 Å². The van der Waals surface area contributed by atoms with Crippen molar-refractivity contribution < 1.29 is 30.6 Å². The van der Waals surface area contributed by atoms with Crippen molar-refractivity contribution in [1.82, 2.24) is 4.90 Å². The molecule has 0 fully saturated rings. The first-order valence-electron chi connectivity index (χ1n) is 10.2. The molecule has 0 aliphatic heterocycles. The van der Waals surface area contributed by atoms with Gasteiger partial charge in [0.25, 0.3) is 5.91 Å². The lowest BCUT2D eigenvalue weighted by atomic mass is 10.1. The summed E-state index contributed by atoms with van der Waals surface area (Å²) >= 11 is 0. The van der Waals surface area contributed by atoms with E-state index in [0.29, 0.717) is 11.1 Å². The molecular formula is C25H19F2NO5S. The predicted octanol–water partition coefficient (Wildman–Crippen LogP) is 5.17. The zero-order valence-corrected chi connectivity index (χ0v) is 18.5. The van der Waals surface area contributed by atoms with Gasteiger partial charge in [0.15, 0.2) is 5.76 Å². The van der Waals surface area contributed by atoms with E-state index in [1.54, 1.807) is 30.3 Å². The molecule has 0 aliphatic rings. The van der Waals surface area contributed by atoms with Crippen LogP contribution in [0.3, 0.4) is 0 Å². The first-order valence-corrected chi connectivity index (χ1v) is 11.6. The molecule has 1 aromatic heterocycles. The zero-order valence-electron chi connectivity index (χ0n) is 17.7. The first kappa shape index (κ1) is 23.2. The average Bonchev–Trinajstić information content (AvgIpc) is 3.35. The second kappa shape index (κ2) is 9.88. The van der Waals surface area contributed by atoms with Crippen molar-refractivity contribution in [3.63, 3.8) is 0 Å². The van der Waals surface area contributed by atoms with Gasteiger partial charge in [-0.05, 0) is 71.8 Å². The van der Waals surface area contributed by atoms with Gasteiger partial charge in [-0.1, -0.05) is 24.3 Å². The Morgan fingerprint density at radius 2 is 1.47 bits per heavy atom. The Kier molecular flexibility index (Phi) is 6.74. The van der Waals surface area contributed by atoms with E-state index >= 15 is 0 Å². The summed E-state index contributed by atoms with van der Waals surface area (Å²) in [5.74, 6) is -1.18. The van der Waals surface area contributed by atoms with E-state index < -0.39 is 15.9 Å². The summed E-state index contributed by atoms with van der Waals surface area (Å²) in [7, 11) is -4.18. The van der Waals surface area contributed by atoms with Crippen LogP contribution >= 0.6 is 0 Å². The number of benzene rings is 3. The monoisotopic (exact) mass is 483 g/mol. The summed E-state index contributed by atoms with van der Waals surface area (Å²) in [6.07, 6.45) is 1.39. The molecule has 34 heavy (non-hydrogen) atoms. The summed E-state index contributed by atoms with van der Waals surface area (Å²) in [5, 5.41) is 0. The van der Waals surface area contributed by atoms with Gasteiger partial charge in [-0.3, -0.25) is 4.79 Å². The third-order valence-electron chi connectivity index (χ3n) is 4.89. The summed E-state index contributed by atoms with van der Waals surface area (Å²) in [6, 6.07) is 19.4. The number of carbonyl (C=O) groups is 1. The molecule has 3 aromatic carbocycles. The molecule has 6 nitrogen and oxygen atoms in total. The maximum absolute atomic E-state index is 13.3. The lowest BCUT2D eigenvalue weighted by Gasteiger charge is -2.22. The summed E-state index contributed by atoms with van der Waals surface area (Å²) in [6.45, 7) is 0.267. The zero-order chi connectivity index (χ0) is 24.1. The maximum Gasteiger partial charge on any atom is 0.339 e. The normalized spacial score (nSPS) is 11.2. The van der Waals surface area contributed by atoms with Crippen LogP contribution in [0.4, 0.5) is 8.78 Å². The second-order valence-electron chi connectivity index (χ2n) is 7.40. The van der Waals surface area contributed by atoms with Gasteiger partial charge in [0.05, 0.1) is 6.26 Å². The second-order valence-corrected chi connectivity index (χ2v) is 8.95. The van der Waals surface area contributed by atoms with Crippen LogP contribution in [-0.2, 0) is 23.2 Å². The van der Waals surface area contributed by atoms with E-state index in [4.69, 9.17) is 8.60 Å². The Labute approximate surface area is 195 Å². The van der Waals surface area contributed by atoms with E-state index in [1.165, 1.54) is 41.5 Å². The Balaban J connectivity index is 1.56. The highest BCUT2D eigenvalue weighted by atomic mass is 32.2. The Bertz CT molecular complexity index is 1370. The van der Waals surface area contributed by atoms with Crippen molar-refractivity contribution in [3.05, 3.63) is 120 Å². The van der Waals surface area contributed by atoms with Gasteiger partial charge < -0.3 is 13.5 Å². The number of hydrogen-bond acceptors (Lipinski definition) is 5. The van der Waals surface area contributed by atoms with E-state index in [-0.39, 0.29) is 41.2 Å². The molecule has 9 heteroatoms. The molecule has 0 N–H and O–H groups in total. The third-order valence-corrected chi connectivity index (χ3v) is 6.15. The van der Waals surface area contributed by atoms with Crippen LogP contribution in [0.15, 0.2) is 101 Å².